The predicted molar refractivity (Wildman–Crippen MR) is 78.5 cm³/mol. The van der Waals surface area contributed by atoms with Gasteiger partial charge < -0.3 is 10.1 Å². The van der Waals surface area contributed by atoms with Crippen LogP contribution in [-0.4, -0.2) is 20.9 Å². The molecule has 0 fully saturated rings. The number of hydrogen-bond donors (Lipinski definition) is 2. The summed E-state index contributed by atoms with van der Waals surface area (Å²) in [6.45, 7) is 1.87. The van der Waals surface area contributed by atoms with Gasteiger partial charge in [0.25, 0.3) is 11.6 Å². The number of aromatic amines is 1. The highest BCUT2D eigenvalue weighted by atomic mass is 16.6. The Kier molecular flexibility index (Phi) is 3.10. The Bertz CT molecular complexity index is 954. The maximum Gasteiger partial charge on any atom is 0.279 e. The predicted octanol–water partition coefficient (Wildman–Crippen LogP) is 0.961. The zero-order valence-corrected chi connectivity index (χ0v) is 11.5. The van der Waals surface area contributed by atoms with Gasteiger partial charge in [-0.15, -0.1) is 0 Å². The van der Waals surface area contributed by atoms with E-state index in [2.05, 4.69) is 9.98 Å². The molecule has 1 amide bonds. The summed E-state index contributed by atoms with van der Waals surface area (Å²) in [6, 6.07) is 4.19. The SMILES string of the molecule is Cc1cc[nH]c1C=C1C=c2c([N+](=O)[O-])ccc(O)c2=NC1=O. The van der Waals surface area contributed by atoms with Crippen molar-refractivity contribution in [2.75, 3.05) is 0 Å². The first-order valence-electron chi connectivity index (χ1n) is 6.44. The standard InChI is InChI=1S/C15H11N3O4/c1-8-4-5-16-11(8)7-9-6-10-12(18(21)22)2-3-13(19)14(10)17-15(9)20/h2-7,16,19H,1H3. The number of fused-ring (bicyclic) bond motifs is 1. The van der Waals surface area contributed by atoms with Crippen molar-refractivity contribution in [1.82, 2.24) is 4.98 Å². The number of amides is 1. The highest BCUT2D eigenvalue weighted by Gasteiger charge is 2.19. The number of H-pyrrole nitrogens is 1. The summed E-state index contributed by atoms with van der Waals surface area (Å²) in [5.41, 5.74) is 1.66. The fraction of sp³-hybridized carbons (Fsp3) is 0.0667. The van der Waals surface area contributed by atoms with Crippen molar-refractivity contribution in [3.05, 3.63) is 61.9 Å². The lowest BCUT2D eigenvalue weighted by atomic mass is 10.1. The first kappa shape index (κ1) is 13.7. The summed E-state index contributed by atoms with van der Waals surface area (Å²) >= 11 is 0. The van der Waals surface area contributed by atoms with Crippen LogP contribution in [0.15, 0.2) is 35.0 Å². The normalized spacial score (nSPS) is 15.1. The van der Waals surface area contributed by atoms with Crippen molar-refractivity contribution in [2.45, 2.75) is 6.92 Å². The average molecular weight is 297 g/mol. The number of aromatic hydroxyl groups is 1. The Morgan fingerprint density at radius 3 is 2.77 bits per heavy atom. The minimum Gasteiger partial charge on any atom is -0.506 e. The number of non-ortho nitro benzene ring substituents is 1. The number of nitro benzene ring substituents is 1. The van der Waals surface area contributed by atoms with E-state index in [1.54, 1.807) is 12.3 Å². The van der Waals surface area contributed by atoms with Gasteiger partial charge in [-0.25, -0.2) is 4.99 Å². The van der Waals surface area contributed by atoms with Crippen molar-refractivity contribution < 1.29 is 14.8 Å². The smallest absolute Gasteiger partial charge is 0.279 e. The van der Waals surface area contributed by atoms with E-state index in [1.807, 2.05) is 13.0 Å². The van der Waals surface area contributed by atoms with Crippen LogP contribution in [0.2, 0.25) is 0 Å². The number of aryl methyl sites for hydroxylation is 1. The third-order valence-electron chi connectivity index (χ3n) is 3.43. The molecule has 7 heteroatoms. The highest BCUT2D eigenvalue weighted by Crippen LogP contribution is 2.15. The van der Waals surface area contributed by atoms with Gasteiger partial charge >= 0.3 is 0 Å². The minimum atomic E-state index is -0.572. The summed E-state index contributed by atoms with van der Waals surface area (Å²) in [5, 5.41) is 20.9. The van der Waals surface area contributed by atoms with E-state index in [1.165, 1.54) is 12.1 Å². The van der Waals surface area contributed by atoms with Gasteiger partial charge in [0.1, 0.15) is 11.1 Å². The molecule has 0 bridgehead atoms. The molecule has 2 N–H and O–H groups in total. The van der Waals surface area contributed by atoms with E-state index in [4.69, 9.17) is 0 Å². The van der Waals surface area contributed by atoms with E-state index < -0.39 is 10.8 Å². The lowest BCUT2D eigenvalue weighted by Crippen LogP contribution is -2.33. The van der Waals surface area contributed by atoms with Gasteiger partial charge in [-0.05, 0) is 36.8 Å². The molecule has 0 spiro atoms. The quantitative estimate of drug-likeness (QED) is 0.489. The number of nitrogens with zero attached hydrogens (tertiary/aromatic N) is 2. The van der Waals surface area contributed by atoms with E-state index >= 15 is 0 Å². The second-order valence-electron chi connectivity index (χ2n) is 4.86. The van der Waals surface area contributed by atoms with E-state index in [9.17, 15) is 20.0 Å². The molecule has 2 heterocycles. The number of nitro groups is 1. The number of aromatic nitrogens is 1. The van der Waals surface area contributed by atoms with Gasteiger partial charge in [-0.1, -0.05) is 0 Å². The summed E-state index contributed by atoms with van der Waals surface area (Å²) in [4.78, 5) is 29.3. The van der Waals surface area contributed by atoms with Crippen LogP contribution in [0.4, 0.5) is 5.69 Å². The molecule has 3 rings (SSSR count). The first-order chi connectivity index (χ1) is 10.5. The maximum absolute atomic E-state index is 12.1. The third-order valence-corrected chi connectivity index (χ3v) is 3.43. The fourth-order valence-electron chi connectivity index (χ4n) is 2.26. The molecular formula is C15H11N3O4. The average Bonchev–Trinajstić information content (AvgIpc) is 2.86. The van der Waals surface area contributed by atoms with Crippen LogP contribution in [0.25, 0.3) is 12.2 Å². The number of phenolic OH excluding ortho intramolecular Hbond substituents is 1. The number of carbonyl (C=O) groups excluding carboxylic acids is 1. The molecular weight excluding hydrogens is 286 g/mol. The largest absolute Gasteiger partial charge is 0.506 e. The number of nitrogens with one attached hydrogen (secondary N) is 1. The second-order valence-corrected chi connectivity index (χ2v) is 4.86. The molecule has 1 aromatic carbocycles. The number of rotatable bonds is 2. The Morgan fingerprint density at radius 1 is 1.36 bits per heavy atom. The summed E-state index contributed by atoms with van der Waals surface area (Å²) in [7, 11) is 0. The Labute approximate surface area is 124 Å². The van der Waals surface area contributed by atoms with Crippen molar-refractivity contribution >= 4 is 23.7 Å². The lowest BCUT2D eigenvalue weighted by Gasteiger charge is -2.05. The number of phenols is 1. The molecule has 1 aliphatic rings. The number of benzene rings is 1. The van der Waals surface area contributed by atoms with E-state index in [-0.39, 0.29) is 27.6 Å². The van der Waals surface area contributed by atoms with Gasteiger partial charge in [0.15, 0.2) is 0 Å². The Morgan fingerprint density at radius 2 is 2.14 bits per heavy atom. The molecule has 1 aromatic heterocycles. The van der Waals surface area contributed by atoms with Gasteiger partial charge in [0.2, 0.25) is 0 Å². The van der Waals surface area contributed by atoms with Crippen LogP contribution in [0.1, 0.15) is 11.3 Å². The fourth-order valence-corrected chi connectivity index (χ4v) is 2.26. The molecule has 1 aliphatic heterocycles. The molecule has 0 saturated carbocycles. The monoisotopic (exact) mass is 297 g/mol. The van der Waals surface area contributed by atoms with E-state index in [0.717, 1.165) is 17.3 Å². The molecule has 2 aromatic rings. The number of hydrogen-bond acceptors (Lipinski definition) is 4. The zero-order chi connectivity index (χ0) is 15.9. The Balaban J connectivity index is 2.29. The van der Waals surface area contributed by atoms with Crippen LogP contribution in [0.5, 0.6) is 5.75 Å². The molecule has 22 heavy (non-hydrogen) atoms. The Hall–Kier alpha value is -3.22. The van der Waals surface area contributed by atoms with Gasteiger partial charge in [-0.2, -0.15) is 0 Å². The minimum absolute atomic E-state index is 0.0699. The van der Waals surface area contributed by atoms with Crippen molar-refractivity contribution in [2.24, 2.45) is 4.99 Å². The number of carbonyl (C=O) groups is 1. The summed E-state index contributed by atoms with van der Waals surface area (Å²) < 4.78 is 0. The lowest BCUT2D eigenvalue weighted by molar-refractivity contribution is -0.386. The molecule has 0 saturated heterocycles. The van der Waals surface area contributed by atoms with Gasteiger partial charge in [-0.3, -0.25) is 14.9 Å². The molecule has 110 valence electrons. The molecule has 0 unspecified atom stereocenters. The van der Waals surface area contributed by atoms with Crippen LogP contribution in [0, 0.1) is 17.0 Å². The summed E-state index contributed by atoms with van der Waals surface area (Å²) in [6.07, 6.45) is 4.69. The topological polar surface area (TPSA) is 109 Å². The van der Waals surface area contributed by atoms with Crippen molar-refractivity contribution in [3.8, 4) is 5.75 Å². The molecule has 0 aliphatic carbocycles. The van der Waals surface area contributed by atoms with E-state index in [0.29, 0.717) is 0 Å². The first-order valence-corrected chi connectivity index (χ1v) is 6.44. The van der Waals surface area contributed by atoms with Crippen LogP contribution >= 0.6 is 0 Å². The van der Waals surface area contributed by atoms with Gasteiger partial charge in [0, 0.05) is 23.5 Å². The van der Waals surface area contributed by atoms with Gasteiger partial charge in [0.05, 0.1) is 10.1 Å². The molecule has 7 nitrogen and oxygen atoms in total. The molecule has 0 radical (unpaired) electrons. The second kappa shape index (κ2) is 4.96. The zero-order valence-electron chi connectivity index (χ0n) is 11.5. The van der Waals surface area contributed by atoms with Crippen LogP contribution < -0.4 is 10.6 Å². The van der Waals surface area contributed by atoms with Crippen LogP contribution in [-0.2, 0) is 4.79 Å². The third kappa shape index (κ3) is 2.18. The van der Waals surface area contributed by atoms with Crippen molar-refractivity contribution in [1.29, 1.82) is 0 Å². The highest BCUT2D eigenvalue weighted by molar-refractivity contribution is 6.07. The summed E-state index contributed by atoms with van der Waals surface area (Å²) in [5.74, 6) is -0.822. The van der Waals surface area contributed by atoms with Crippen LogP contribution in [0.3, 0.4) is 0 Å². The van der Waals surface area contributed by atoms with Crippen molar-refractivity contribution in [3.63, 3.8) is 0 Å². The molecule has 0 atom stereocenters. The maximum atomic E-state index is 12.1.